The van der Waals surface area contributed by atoms with Crippen LogP contribution < -0.4 is 9.47 Å². The fourth-order valence-electron chi connectivity index (χ4n) is 3.37. The lowest BCUT2D eigenvalue weighted by Gasteiger charge is -2.33. The third-order valence-corrected chi connectivity index (χ3v) is 5.01. The molecule has 0 aliphatic heterocycles. The van der Waals surface area contributed by atoms with Crippen molar-refractivity contribution in [3.8, 4) is 11.5 Å². The standard InChI is InChI=1S/C23H39NO5/c1-23(2,3)15-18(24(4)16-22(28-7)29-8)19(25)11-9-10-17-12-13-20(26-5)21(14-17)27-6/h12-14,18,22H,9-11,15-16H2,1-8H3/t18-/m1/s1. The highest BCUT2D eigenvalue weighted by Crippen LogP contribution is 2.29. The van der Waals surface area contributed by atoms with Gasteiger partial charge in [0.2, 0.25) is 0 Å². The molecule has 1 atom stereocenters. The van der Waals surface area contributed by atoms with Crippen LogP contribution in [0.3, 0.4) is 0 Å². The van der Waals surface area contributed by atoms with E-state index < -0.39 is 0 Å². The number of nitrogens with zero attached hydrogens (tertiary/aromatic N) is 1. The minimum Gasteiger partial charge on any atom is -0.493 e. The van der Waals surface area contributed by atoms with Crippen LogP contribution in [0, 0.1) is 5.41 Å². The average molecular weight is 410 g/mol. The molecule has 6 heteroatoms. The Morgan fingerprint density at radius 3 is 2.17 bits per heavy atom. The van der Waals surface area contributed by atoms with Gasteiger partial charge in [-0.05, 0) is 49.4 Å². The van der Waals surface area contributed by atoms with E-state index >= 15 is 0 Å². The third-order valence-electron chi connectivity index (χ3n) is 5.01. The van der Waals surface area contributed by atoms with Crippen LogP contribution in [0.25, 0.3) is 0 Å². The van der Waals surface area contributed by atoms with Crippen molar-refractivity contribution in [3.05, 3.63) is 23.8 Å². The summed E-state index contributed by atoms with van der Waals surface area (Å²) < 4.78 is 21.3. The zero-order chi connectivity index (χ0) is 22.0. The highest BCUT2D eigenvalue weighted by atomic mass is 16.7. The van der Waals surface area contributed by atoms with Crippen LogP contribution in [0.1, 0.15) is 45.6 Å². The lowest BCUT2D eigenvalue weighted by molar-refractivity contribution is -0.134. The van der Waals surface area contributed by atoms with E-state index in [0.29, 0.717) is 24.5 Å². The Morgan fingerprint density at radius 1 is 1.03 bits per heavy atom. The zero-order valence-electron chi connectivity index (χ0n) is 19.4. The van der Waals surface area contributed by atoms with Gasteiger partial charge in [-0.2, -0.15) is 0 Å². The number of likely N-dealkylation sites (N-methyl/N-ethyl adjacent to an activating group) is 1. The van der Waals surface area contributed by atoms with Crippen molar-refractivity contribution in [1.82, 2.24) is 4.90 Å². The van der Waals surface area contributed by atoms with E-state index in [9.17, 15) is 4.79 Å². The third kappa shape index (κ3) is 8.72. The summed E-state index contributed by atoms with van der Waals surface area (Å²) in [6, 6.07) is 5.74. The molecule has 6 nitrogen and oxygen atoms in total. The molecule has 0 spiro atoms. The van der Waals surface area contributed by atoms with Crippen molar-refractivity contribution in [1.29, 1.82) is 0 Å². The summed E-state index contributed by atoms with van der Waals surface area (Å²) in [4.78, 5) is 15.1. The van der Waals surface area contributed by atoms with Gasteiger partial charge < -0.3 is 18.9 Å². The second kappa shape index (κ2) is 12.2. The summed E-state index contributed by atoms with van der Waals surface area (Å²) in [7, 11) is 8.45. The minimum absolute atomic E-state index is 0.0492. The highest BCUT2D eigenvalue weighted by molar-refractivity contribution is 5.84. The van der Waals surface area contributed by atoms with Gasteiger partial charge in [0, 0.05) is 27.2 Å². The Morgan fingerprint density at radius 2 is 1.66 bits per heavy atom. The highest BCUT2D eigenvalue weighted by Gasteiger charge is 2.29. The van der Waals surface area contributed by atoms with Crippen LogP contribution in [-0.4, -0.2) is 65.0 Å². The van der Waals surface area contributed by atoms with E-state index in [1.807, 2.05) is 25.2 Å². The molecule has 0 aliphatic rings. The van der Waals surface area contributed by atoms with Crippen LogP contribution in [0.2, 0.25) is 0 Å². The smallest absolute Gasteiger partial charge is 0.169 e. The molecular formula is C23H39NO5. The fourth-order valence-corrected chi connectivity index (χ4v) is 3.37. The number of hydrogen-bond acceptors (Lipinski definition) is 6. The van der Waals surface area contributed by atoms with Crippen molar-refractivity contribution in [3.63, 3.8) is 0 Å². The predicted molar refractivity (Wildman–Crippen MR) is 116 cm³/mol. The molecule has 0 amide bonds. The van der Waals surface area contributed by atoms with Crippen LogP contribution in [0.4, 0.5) is 0 Å². The largest absolute Gasteiger partial charge is 0.493 e. The molecule has 0 bridgehead atoms. The molecular weight excluding hydrogens is 370 g/mol. The molecule has 29 heavy (non-hydrogen) atoms. The van der Waals surface area contributed by atoms with Gasteiger partial charge in [-0.1, -0.05) is 26.8 Å². The van der Waals surface area contributed by atoms with Gasteiger partial charge in [0.1, 0.15) is 5.78 Å². The first-order chi connectivity index (χ1) is 13.6. The molecule has 0 aliphatic carbocycles. The van der Waals surface area contributed by atoms with Crippen LogP contribution in [0.15, 0.2) is 18.2 Å². The number of carbonyl (C=O) groups excluding carboxylic acids is 1. The number of ketones is 1. The van der Waals surface area contributed by atoms with Gasteiger partial charge in [0.25, 0.3) is 0 Å². The van der Waals surface area contributed by atoms with Gasteiger partial charge in [0.05, 0.1) is 20.3 Å². The van der Waals surface area contributed by atoms with Crippen molar-refractivity contribution in [2.75, 3.05) is 42.0 Å². The van der Waals surface area contributed by atoms with E-state index in [4.69, 9.17) is 18.9 Å². The molecule has 1 rings (SSSR count). The molecule has 166 valence electrons. The summed E-state index contributed by atoms with van der Waals surface area (Å²) in [5, 5.41) is 0. The quantitative estimate of drug-likeness (QED) is 0.460. The van der Waals surface area contributed by atoms with Crippen LogP contribution >= 0.6 is 0 Å². The molecule has 0 saturated heterocycles. The molecule has 0 heterocycles. The van der Waals surface area contributed by atoms with E-state index in [1.54, 1.807) is 28.4 Å². The zero-order valence-corrected chi connectivity index (χ0v) is 19.4. The maximum atomic E-state index is 13.1. The molecule has 0 saturated carbocycles. The lowest BCUT2D eigenvalue weighted by Crippen LogP contribution is -2.45. The molecule has 0 radical (unpaired) electrons. The van der Waals surface area contributed by atoms with Crippen LogP contribution in [0.5, 0.6) is 11.5 Å². The second-order valence-corrected chi connectivity index (χ2v) is 8.63. The summed E-state index contributed by atoms with van der Waals surface area (Å²) in [5.41, 5.74) is 1.18. The Labute approximate surface area is 176 Å². The van der Waals surface area contributed by atoms with Gasteiger partial charge in [-0.25, -0.2) is 0 Å². The molecule has 0 N–H and O–H groups in total. The second-order valence-electron chi connectivity index (χ2n) is 8.63. The summed E-state index contributed by atoms with van der Waals surface area (Å²) in [5.74, 6) is 1.69. The fraction of sp³-hybridized carbons (Fsp3) is 0.696. The molecule has 0 aromatic heterocycles. The first-order valence-corrected chi connectivity index (χ1v) is 10.1. The van der Waals surface area contributed by atoms with E-state index in [1.165, 1.54) is 0 Å². The Balaban J connectivity index is 2.74. The van der Waals surface area contributed by atoms with Gasteiger partial charge >= 0.3 is 0 Å². The number of benzene rings is 1. The summed E-state index contributed by atoms with van der Waals surface area (Å²) >= 11 is 0. The van der Waals surface area contributed by atoms with E-state index in [2.05, 4.69) is 25.7 Å². The van der Waals surface area contributed by atoms with E-state index in [0.717, 1.165) is 24.8 Å². The van der Waals surface area contributed by atoms with Gasteiger partial charge in [-0.15, -0.1) is 0 Å². The summed E-state index contributed by atoms with van der Waals surface area (Å²) in [6.45, 7) is 7.04. The number of carbonyl (C=O) groups is 1. The van der Waals surface area contributed by atoms with Crippen molar-refractivity contribution in [2.24, 2.45) is 5.41 Å². The first kappa shape index (κ1) is 25.4. The predicted octanol–water partition coefficient (Wildman–Crippen LogP) is 3.95. The Hall–Kier alpha value is -1.63. The maximum Gasteiger partial charge on any atom is 0.169 e. The molecule has 0 fully saturated rings. The number of Topliss-reactive ketones (excluding diaryl/α,β-unsaturated/α-hetero) is 1. The maximum absolute atomic E-state index is 13.1. The number of aryl methyl sites for hydroxylation is 1. The normalized spacial score (nSPS) is 13.0. The van der Waals surface area contributed by atoms with Gasteiger partial charge in [-0.3, -0.25) is 9.69 Å². The Bertz CT molecular complexity index is 622. The molecule has 0 unspecified atom stereocenters. The lowest BCUT2D eigenvalue weighted by atomic mass is 9.85. The average Bonchev–Trinajstić information content (AvgIpc) is 2.68. The van der Waals surface area contributed by atoms with Crippen molar-refractivity contribution >= 4 is 5.78 Å². The number of ether oxygens (including phenoxy) is 4. The van der Waals surface area contributed by atoms with E-state index in [-0.39, 0.29) is 23.5 Å². The Kier molecular flexibility index (Phi) is 10.6. The molecule has 1 aromatic rings. The van der Waals surface area contributed by atoms with Crippen molar-refractivity contribution < 1.29 is 23.7 Å². The number of methoxy groups -OCH3 is 4. The monoisotopic (exact) mass is 409 g/mol. The SMILES string of the molecule is COc1ccc(CCCC(=O)[C@@H](CC(C)(C)C)N(C)CC(OC)OC)cc1OC. The number of hydrogen-bond donors (Lipinski definition) is 0. The molecule has 1 aromatic carbocycles. The number of rotatable bonds is 13. The first-order valence-electron chi connectivity index (χ1n) is 10.1. The summed E-state index contributed by atoms with van der Waals surface area (Å²) in [6.07, 6.45) is 2.59. The van der Waals surface area contributed by atoms with Crippen LogP contribution in [-0.2, 0) is 20.7 Å². The topological polar surface area (TPSA) is 57.2 Å². The minimum atomic E-state index is -0.345. The van der Waals surface area contributed by atoms with Gasteiger partial charge in [0.15, 0.2) is 17.8 Å². The van der Waals surface area contributed by atoms with Crippen molar-refractivity contribution in [2.45, 2.75) is 58.8 Å².